The van der Waals surface area contributed by atoms with Gasteiger partial charge in [-0.3, -0.25) is 4.79 Å². The zero-order valence-corrected chi connectivity index (χ0v) is 16.0. The Morgan fingerprint density at radius 1 is 1.18 bits per heavy atom. The van der Waals surface area contributed by atoms with Crippen LogP contribution in [0.3, 0.4) is 0 Å². The van der Waals surface area contributed by atoms with Gasteiger partial charge in [0.2, 0.25) is 5.91 Å². The molecule has 1 aliphatic carbocycles. The molecule has 6 nitrogen and oxygen atoms in total. The molecule has 1 saturated carbocycles. The maximum Gasteiger partial charge on any atom is 0.226 e. The molecule has 2 heterocycles. The van der Waals surface area contributed by atoms with Crippen LogP contribution in [0.25, 0.3) is 11.3 Å². The number of amides is 1. The SMILES string of the molecule is COc1cccc(-c2cc(CN(Cc3ccco3)C(=O)C3CCCC3)no2)c1. The molecule has 1 aromatic carbocycles. The summed E-state index contributed by atoms with van der Waals surface area (Å²) in [5, 5.41) is 4.19. The molecule has 0 N–H and O–H groups in total. The van der Waals surface area contributed by atoms with Crippen molar-refractivity contribution in [2.75, 3.05) is 7.11 Å². The number of furan rings is 1. The first-order chi connectivity index (χ1) is 13.7. The second kappa shape index (κ2) is 8.33. The van der Waals surface area contributed by atoms with Gasteiger partial charge in [0.05, 0.1) is 26.5 Å². The van der Waals surface area contributed by atoms with Crippen LogP contribution in [0.2, 0.25) is 0 Å². The van der Waals surface area contributed by atoms with Gasteiger partial charge in [0, 0.05) is 17.5 Å². The van der Waals surface area contributed by atoms with Crippen molar-refractivity contribution in [1.82, 2.24) is 10.1 Å². The van der Waals surface area contributed by atoms with Gasteiger partial charge in [-0.05, 0) is 37.1 Å². The molecule has 0 atom stereocenters. The van der Waals surface area contributed by atoms with E-state index in [4.69, 9.17) is 13.7 Å². The monoisotopic (exact) mass is 380 g/mol. The van der Waals surface area contributed by atoms with Crippen LogP contribution in [0.15, 0.2) is 57.7 Å². The first-order valence-electron chi connectivity index (χ1n) is 9.64. The second-order valence-electron chi connectivity index (χ2n) is 7.17. The van der Waals surface area contributed by atoms with Crippen molar-refractivity contribution >= 4 is 5.91 Å². The van der Waals surface area contributed by atoms with Gasteiger partial charge in [-0.15, -0.1) is 0 Å². The third-order valence-electron chi connectivity index (χ3n) is 5.21. The lowest BCUT2D eigenvalue weighted by molar-refractivity contribution is -0.137. The van der Waals surface area contributed by atoms with Gasteiger partial charge >= 0.3 is 0 Å². The summed E-state index contributed by atoms with van der Waals surface area (Å²) in [5.74, 6) is 2.44. The third-order valence-corrected chi connectivity index (χ3v) is 5.21. The number of aromatic nitrogens is 1. The largest absolute Gasteiger partial charge is 0.497 e. The van der Waals surface area contributed by atoms with Crippen molar-refractivity contribution in [3.63, 3.8) is 0 Å². The number of carbonyl (C=O) groups excluding carboxylic acids is 1. The Hall–Kier alpha value is -3.02. The normalized spacial score (nSPS) is 14.3. The highest BCUT2D eigenvalue weighted by Crippen LogP contribution is 2.29. The van der Waals surface area contributed by atoms with E-state index in [0.717, 1.165) is 48.5 Å². The van der Waals surface area contributed by atoms with E-state index in [1.54, 1.807) is 13.4 Å². The Morgan fingerprint density at radius 2 is 2.04 bits per heavy atom. The quantitative estimate of drug-likeness (QED) is 0.596. The molecule has 0 bridgehead atoms. The van der Waals surface area contributed by atoms with E-state index in [0.29, 0.717) is 18.8 Å². The Labute approximate surface area is 164 Å². The first kappa shape index (κ1) is 18.3. The predicted octanol–water partition coefficient (Wildman–Crippen LogP) is 4.66. The molecule has 0 spiro atoms. The van der Waals surface area contributed by atoms with Crippen molar-refractivity contribution in [2.24, 2.45) is 5.92 Å². The maximum atomic E-state index is 13.0. The predicted molar refractivity (Wildman–Crippen MR) is 103 cm³/mol. The van der Waals surface area contributed by atoms with E-state index >= 15 is 0 Å². The molecule has 3 aromatic rings. The van der Waals surface area contributed by atoms with Crippen LogP contribution in [0.5, 0.6) is 5.75 Å². The Bertz CT molecular complexity index is 910. The van der Waals surface area contributed by atoms with Crippen molar-refractivity contribution < 1.29 is 18.5 Å². The second-order valence-corrected chi connectivity index (χ2v) is 7.17. The summed E-state index contributed by atoms with van der Waals surface area (Å²) in [6, 6.07) is 13.2. The van der Waals surface area contributed by atoms with Gasteiger partial charge < -0.3 is 18.6 Å². The smallest absolute Gasteiger partial charge is 0.226 e. The summed E-state index contributed by atoms with van der Waals surface area (Å²) >= 11 is 0. The molecule has 1 aliphatic rings. The average Bonchev–Trinajstić information content (AvgIpc) is 3.49. The van der Waals surface area contributed by atoms with Gasteiger partial charge in [0.1, 0.15) is 17.2 Å². The highest BCUT2D eigenvalue weighted by molar-refractivity contribution is 5.79. The lowest BCUT2D eigenvalue weighted by Gasteiger charge is -2.23. The highest BCUT2D eigenvalue weighted by Gasteiger charge is 2.28. The fourth-order valence-electron chi connectivity index (χ4n) is 3.73. The molecule has 1 amide bonds. The summed E-state index contributed by atoms with van der Waals surface area (Å²) in [7, 11) is 1.63. The number of nitrogens with zero attached hydrogens (tertiary/aromatic N) is 2. The van der Waals surface area contributed by atoms with Crippen molar-refractivity contribution in [1.29, 1.82) is 0 Å². The summed E-state index contributed by atoms with van der Waals surface area (Å²) in [4.78, 5) is 14.9. The van der Waals surface area contributed by atoms with Gasteiger partial charge in [0.25, 0.3) is 0 Å². The molecular weight excluding hydrogens is 356 g/mol. The van der Waals surface area contributed by atoms with Crippen LogP contribution < -0.4 is 4.74 Å². The molecule has 0 aliphatic heterocycles. The Balaban J connectivity index is 1.52. The number of rotatable bonds is 7. The molecule has 4 rings (SSSR count). The summed E-state index contributed by atoms with van der Waals surface area (Å²) in [6.07, 6.45) is 5.79. The first-order valence-corrected chi connectivity index (χ1v) is 9.64. The van der Waals surface area contributed by atoms with E-state index in [1.807, 2.05) is 47.4 Å². The number of hydrogen-bond donors (Lipinski definition) is 0. The van der Waals surface area contributed by atoms with Crippen LogP contribution in [-0.2, 0) is 17.9 Å². The number of methoxy groups -OCH3 is 1. The van der Waals surface area contributed by atoms with E-state index in [-0.39, 0.29) is 11.8 Å². The maximum absolute atomic E-state index is 13.0. The molecule has 2 aromatic heterocycles. The molecule has 6 heteroatoms. The minimum absolute atomic E-state index is 0.0970. The molecular formula is C22H24N2O4. The van der Waals surface area contributed by atoms with Crippen LogP contribution in [0, 0.1) is 5.92 Å². The van der Waals surface area contributed by atoms with Gasteiger partial charge in [-0.2, -0.15) is 0 Å². The van der Waals surface area contributed by atoms with E-state index in [9.17, 15) is 4.79 Å². The molecule has 28 heavy (non-hydrogen) atoms. The van der Waals surface area contributed by atoms with Crippen LogP contribution in [0.1, 0.15) is 37.1 Å². The highest BCUT2D eigenvalue weighted by atomic mass is 16.5. The van der Waals surface area contributed by atoms with Gasteiger partial charge in [0.15, 0.2) is 5.76 Å². The fourth-order valence-corrected chi connectivity index (χ4v) is 3.73. The summed E-state index contributed by atoms with van der Waals surface area (Å²) in [5.41, 5.74) is 1.61. The number of hydrogen-bond acceptors (Lipinski definition) is 5. The molecule has 0 unspecified atom stereocenters. The minimum atomic E-state index is 0.0970. The third kappa shape index (κ3) is 4.11. The average molecular weight is 380 g/mol. The molecule has 0 radical (unpaired) electrons. The minimum Gasteiger partial charge on any atom is -0.497 e. The summed E-state index contributed by atoms with van der Waals surface area (Å²) < 4.78 is 16.3. The fraction of sp³-hybridized carbons (Fsp3) is 0.364. The van der Waals surface area contributed by atoms with Crippen molar-refractivity contribution in [3.05, 3.63) is 60.2 Å². The lowest BCUT2D eigenvalue weighted by Crippen LogP contribution is -2.34. The zero-order chi connectivity index (χ0) is 19.3. The van der Waals surface area contributed by atoms with Crippen LogP contribution in [-0.4, -0.2) is 23.1 Å². The molecule has 0 saturated heterocycles. The van der Waals surface area contributed by atoms with Gasteiger partial charge in [-0.1, -0.05) is 30.1 Å². The van der Waals surface area contributed by atoms with E-state index in [2.05, 4.69) is 5.16 Å². The van der Waals surface area contributed by atoms with Crippen LogP contribution in [0.4, 0.5) is 0 Å². The summed E-state index contributed by atoms with van der Waals surface area (Å²) in [6.45, 7) is 0.827. The lowest BCUT2D eigenvalue weighted by atomic mass is 10.1. The zero-order valence-electron chi connectivity index (χ0n) is 16.0. The van der Waals surface area contributed by atoms with Crippen LogP contribution >= 0.6 is 0 Å². The van der Waals surface area contributed by atoms with E-state index < -0.39 is 0 Å². The molecule has 1 fully saturated rings. The number of carbonyl (C=O) groups is 1. The Kier molecular flexibility index (Phi) is 5.46. The van der Waals surface area contributed by atoms with Crippen molar-refractivity contribution in [3.8, 4) is 17.1 Å². The number of ether oxygens (including phenoxy) is 1. The Morgan fingerprint density at radius 3 is 2.79 bits per heavy atom. The van der Waals surface area contributed by atoms with E-state index in [1.165, 1.54) is 0 Å². The topological polar surface area (TPSA) is 68.7 Å². The number of benzene rings is 1. The van der Waals surface area contributed by atoms with Gasteiger partial charge in [-0.25, -0.2) is 0 Å². The van der Waals surface area contributed by atoms with Crippen molar-refractivity contribution in [2.45, 2.75) is 38.8 Å². The standard InChI is InChI=1S/C22H24N2O4/c1-26-19-9-4-8-17(12-19)21-13-18(23-28-21)14-24(15-20-10-5-11-27-20)22(25)16-6-2-3-7-16/h4-5,8-13,16H,2-3,6-7,14-15H2,1H3. The molecule has 146 valence electrons.